The fraction of sp³-hybridized carbons (Fsp3) is 0.522. The van der Waals surface area contributed by atoms with Gasteiger partial charge in [-0.1, -0.05) is 37.2 Å². The highest BCUT2D eigenvalue weighted by Crippen LogP contribution is 2.41. The zero-order valence-electron chi connectivity index (χ0n) is 17.6. The van der Waals surface area contributed by atoms with Crippen molar-refractivity contribution in [1.82, 2.24) is 14.7 Å². The van der Waals surface area contributed by atoms with E-state index in [-0.39, 0.29) is 5.91 Å². The van der Waals surface area contributed by atoms with E-state index in [1.807, 2.05) is 27.8 Å². The maximum Gasteiger partial charge on any atom is 0.266 e. The van der Waals surface area contributed by atoms with Crippen LogP contribution in [0.1, 0.15) is 44.4 Å². The summed E-state index contributed by atoms with van der Waals surface area (Å²) in [6, 6.07) is 10.2. The first-order valence-electron chi connectivity index (χ1n) is 10.9. The highest BCUT2D eigenvalue weighted by atomic mass is 16.6. The molecule has 3 aliphatic rings. The van der Waals surface area contributed by atoms with E-state index in [9.17, 15) is 4.79 Å². The van der Waals surface area contributed by atoms with E-state index in [1.165, 1.54) is 5.56 Å². The Bertz CT molecular complexity index is 958. The van der Waals surface area contributed by atoms with Crippen molar-refractivity contribution in [3.05, 3.63) is 47.8 Å². The molecule has 1 atom stereocenters. The second kappa shape index (κ2) is 7.54. The molecule has 30 heavy (non-hydrogen) atoms. The first kappa shape index (κ1) is 19.3. The molecule has 1 saturated heterocycles. The standard InChI is InChI=1S/C23H28N4O3/c1-16(2)19-14-20(30-25-19)22(28)26-11-9-23(10-12-26)21-17(8-13-29-23)15-27(24-21)18-6-4-3-5-7-18/h3-7,15-16,20H,8-14H2,1-2H3. The van der Waals surface area contributed by atoms with Crippen molar-refractivity contribution in [2.45, 2.75) is 51.2 Å². The minimum atomic E-state index is -0.475. The number of fused-ring (bicyclic) bond motifs is 2. The molecule has 158 valence electrons. The third-order valence-corrected chi connectivity index (χ3v) is 6.51. The lowest BCUT2D eigenvalue weighted by Gasteiger charge is -2.43. The lowest BCUT2D eigenvalue weighted by molar-refractivity contribution is -0.151. The normalized spacial score (nSPS) is 22.7. The van der Waals surface area contributed by atoms with E-state index in [2.05, 4.69) is 37.3 Å². The molecule has 3 aliphatic heterocycles. The zero-order chi connectivity index (χ0) is 20.7. The van der Waals surface area contributed by atoms with Crippen LogP contribution in [0.4, 0.5) is 0 Å². The van der Waals surface area contributed by atoms with Crippen LogP contribution in [0.5, 0.6) is 0 Å². The fourth-order valence-electron chi connectivity index (χ4n) is 4.66. The van der Waals surface area contributed by atoms with Gasteiger partial charge in [-0.15, -0.1) is 0 Å². The van der Waals surface area contributed by atoms with Gasteiger partial charge in [0.2, 0.25) is 6.10 Å². The number of oxime groups is 1. The predicted octanol–water partition coefficient (Wildman–Crippen LogP) is 3.06. The Hall–Kier alpha value is -2.67. The number of hydrogen-bond acceptors (Lipinski definition) is 5. The van der Waals surface area contributed by atoms with E-state index >= 15 is 0 Å². The quantitative estimate of drug-likeness (QED) is 0.783. The Balaban J connectivity index is 1.30. The van der Waals surface area contributed by atoms with Crippen LogP contribution < -0.4 is 0 Å². The third-order valence-electron chi connectivity index (χ3n) is 6.51. The van der Waals surface area contributed by atoms with Gasteiger partial charge in [-0.3, -0.25) is 4.79 Å². The molecule has 7 heteroatoms. The summed E-state index contributed by atoms with van der Waals surface area (Å²) in [4.78, 5) is 20.3. The van der Waals surface area contributed by atoms with Crippen LogP contribution in [0.3, 0.4) is 0 Å². The fourth-order valence-corrected chi connectivity index (χ4v) is 4.66. The van der Waals surface area contributed by atoms with Gasteiger partial charge in [-0.25, -0.2) is 4.68 Å². The number of hydrogen-bond donors (Lipinski definition) is 0. The first-order valence-corrected chi connectivity index (χ1v) is 10.9. The maximum absolute atomic E-state index is 12.9. The van der Waals surface area contributed by atoms with Crippen molar-refractivity contribution in [3.63, 3.8) is 0 Å². The molecule has 0 saturated carbocycles. The monoisotopic (exact) mass is 408 g/mol. The number of benzene rings is 1. The number of ether oxygens (including phenoxy) is 1. The number of amides is 1. The molecule has 5 rings (SSSR count). The minimum absolute atomic E-state index is 0.0371. The van der Waals surface area contributed by atoms with Crippen molar-refractivity contribution in [1.29, 1.82) is 0 Å². The van der Waals surface area contributed by atoms with Gasteiger partial charge in [0.05, 0.1) is 23.7 Å². The van der Waals surface area contributed by atoms with E-state index < -0.39 is 11.7 Å². The molecule has 0 bridgehead atoms. The molecule has 7 nitrogen and oxygen atoms in total. The van der Waals surface area contributed by atoms with Gasteiger partial charge in [-0.05, 0) is 42.9 Å². The number of rotatable bonds is 3. The van der Waals surface area contributed by atoms with E-state index in [4.69, 9.17) is 14.7 Å². The SMILES string of the molecule is CC(C)C1=NOC(C(=O)N2CCC3(CC2)OCCc2cn(-c4ccccc4)nc23)C1. The topological polar surface area (TPSA) is 68.9 Å². The van der Waals surface area contributed by atoms with Crippen molar-refractivity contribution in [2.75, 3.05) is 19.7 Å². The van der Waals surface area contributed by atoms with Crippen LogP contribution in [0, 0.1) is 5.92 Å². The molecule has 0 N–H and O–H groups in total. The van der Waals surface area contributed by atoms with Crippen LogP contribution in [0.15, 0.2) is 41.7 Å². The third kappa shape index (κ3) is 3.31. The van der Waals surface area contributed by atoms with Crippen molar-refractivity contribution >= 4 is 11.6 Å². The zero-order valence-corrected chi connectivity index (χ0v) is 17.6. The number of piperidine rings is 1. The second-order valence-corrected chi connectivity index (χ2v) is 8.74. The number of likely N-dealkylation sites (tertiary alicyclic amines) is 1. The molecule has 2 aromatic rings. The van der Waals surface area contributed by atoms with Gasteiger partial charge in [0.25, 0.3) is 5.91 Å². The number of para-hydroxylation sites is 1. The van der Waals surface area contributed by atoms with E-state index in [0.29, 0.717) is 32.0 Å². The van der Waals surface area contributed by atoms with Gasteiger partial charge in [0.15, 0.2) is 0 Å². The van der Waals surface area contributed by atoms with Crippen LogP contribution >= 0.6 is 0 Å². The molecule has 1 aromatic carbocycles. The van der Waals surface area contributed by atoms with Crippen LogP contribution in [0.2, 0.25) is 0 Å². The molecular weight excluding hydrogens is 380 g/mol. The van der Waals surface area contributed by atoms with Gasteiger partial charge in [0, 0.05) is 25.7 Å². The molecular formula is C23H28N4O3. The molecule has 1 spiro atoms. The van der Waals surface area contributed by atoms with Crippen molar-refractivity contribution in [3.8, 4) is 5.69 Å². The van der Waals surface area contributed by atoms with Crippen LogP contribution in [-0.2, 0) is 26.4 Å². The number of carbonyl (C=O) groups is 1. The summed E-state index contributed by atoms with van der Waals surface area (Å²) in [6.07, 6.45) is 4.63. The summed E-state index contributed by atoms with van der Waals surface area (Å²) in [6.45, 7) is 6.14. The van der Waals surface area contributed by atoms with Gasteiger partial charge in [0.1, 0.15) is 5.60 Å². The summed E-state index contributed by atoms with van der Waals surface area (Å²) < 4.78 is 8.27. The minimum Gasteiger partial charge on any atom is -0.382 e. The summed E-state index contributed by atoms with van der Waals surface area (Å²) in [5.41, 5.74) is 3.90. The molecule has 1 fully saturated rings. The molecule has 1 aromatic heterocycles. The van der Waals surface area contributed by atoms with Crippen molar-refractivity contribution in [2.24, 2.45) is 11.1 Å². The van der Waals surface area contributed by atoms with E-state index in [0.717, 1.165) is 36.4 Å². The van der Waals surface area contributed by atoms with Crippen LogP contribution in [-0.4, -0.2) is 52.1 Å². The van der Waals surface area contributed by atoms with Gasteiger partial charge < -0.3 is 14.5 Å². The highest BCUT2D eigenvalue weighted by Gasteiger charge is 2.45. The molecule has 1 amide bonds. The Labute approximate surface area is 176 Å². The number of aromatic nitrogens is 2. The summed E-state index contributed by atoms with van der Waals surface area (Å²) >= 11 is 0. The number of nitrogens with zero attached hydrogens (tertiary/aromatic N) is 4. The smallest absolute Gasteiger partial charge is 0.266 e. The Morgan fingerprint density at radius 2 is 1.97 bits per heavy atom. The van der Waals surface area contributed by atoms with Crippen molar-refractivity contribution < 1.29 is 14.4 Å². The molecule has 0 aliphatic carbocycles. The summed E-state index contributed by atoms with van der Waals surface area (Å²) in [5.74, 6) is 0.344. The maximum atomic E-state index is 12.9. The summed E-state index contributed by atoms with van der Waals surface area (Å²) in [7, 11) is 0. The van der Waals surface area contributed by atoms with Crippen LogP contribution in [0.25, 0.3) is 5.69 Å². The highest BCUT2D eigenvalue weighted by molar-refractivity contribution is 5.93. The van der Waals surface area contributed by atoms with Gasteiger partial charge >= 0.3 is 0 Å². The number of carbonyl (C=O) groups excluding carboxylic acids is 1. The average Bonchev–Trinajstić information content (AvgIpc) is 3.43. The largest absolute Gasteiger partial charge is 0.382 e. The lowest BCUT2D eigenvalue weighted by atomic mass is 9.83. The molecule has 0 radical (unpaired) electrons. The van der Waals surface area contributed by atoms with Gasteiger partial charge in [-0.2, -0.15) is 5.10 Å². The lowest BCUT2D eigenvalue weighted by Crippen LogP contribution is -2.50. The Morgan fingerprint density at radius 3 is 2.67 bits per heavy atom. The Kier molecular flexibility index (Phi) is 4.85. The first-order chi connectivity index (χ1) is 14.6. The summed E-state index contributed by atoms with van der Waals surface area (Å²) in [5, 5.41) is 9.03. The van der Waals surface area contributed by atoms with E-state index in [1.54, 1.807) is 0 Å². The Morgan fingerprint density at radius 1 is 1.20 bits per heavy atom. The second-order valence-electron chi connectivity index (χ2n) is 8.74. The average molecular weight is 409 g/mol. The molecule has 1 unspecified atom stereocenters. The predicted molar refractivity (Wildman–Crippen MR) is 112 cm³/mol. The molecule has 4 heterocycles.